The van der Waals surface area contributed by atoms with Gasteiger partial charge in [0.2, 0.25) is 0 Å². The van der Waals surface area contributed by atoms with Crippen molar-refractivity contribution < 1.29 is 0 Å². The fourth-order valence-electron chi connectivity index (χ4n) is 0.857. The molecule has 0 heterocycles. The Morgan fingerprint density at radius 1 is 1.00 bits per heavy atom. The first kappa shape index (κ1) is 10.1. The van der Waals surface area contributed by atoms with E-state index in [9.17, 15) is 0 Å². The minimum absolute atomic E-state index is 1.09. The van der Waals surface area contributed by atoms with Crippen molar-refractivity contribution in [2.24, 2.45) is 0 Å². The van der Waals surface area contributed by atoms with Crippen molar-refractivity contribution in [3.8, 4) is 0 Å². The van der Waals surface area contributed by atoms with Gasteiger partial charge in [-0.3, -0.25) is 0 Å². The Kier molecular flexibility index (Phi) is 5.47. The molecule has 0 aliphatic heterocycles. The summed E-state index contributed by atoms with van der Waals surface area (Å²) in [6.45, 7) is 4.28. The van der Waals surface area contributed by atoms with Crippen LogP contribution in [0, 0.1) is 0 Å². The van der Waals surface area contributed by atoms with Crippen LogP contribution in [0.15, 0.2) is 0 Å². The van der Waals surface area contributed by atoms with Gasteiger partial charge in [0.15, 0.2) is 0 Å². The van der Waals surface area contributed by atoms with Gasteiger partial charge in [0.05, 0.1) is 0 Å². The van der Waals surface area contributed by atoms with E-state index in [1.807, 2.05) is 0 Å². The van der Waals surface area contributed by atoms with Crippen molar-refractivity contribution >= 4 is 31.4 Å². The van der Waals surface area contributed by atoms with Gasteiger partial charge in [-0.2, -0.15) is 0 Å². The normalized spacial score (nSPS) is 12.0. The van der Waals surface area contributed by atoms with E-state index >= 15 is 0 Å². The van der Waals surface area contributed by atoms with Crippen molar-refractivity contribution in [3.63, 3.8) is 0 Å². The standard InChI is InChI=1S/C6H14Cl2Ge/c1-3-5-9(7,8)6-4-2/h3-6H2,1-2H3. The van der Waals surface area contributed by atoms with Crippen LogP contribution in [-0.2, 0) is 0 Å². The molecule has 0 saturated carbocycles. The molecule has 0 aromatic heterocycles. The molecule has 0 bridgehead atoms. The summed E-state index contributed by atoms with van der Waals surface area (Å²) in [7, 11) is 12.2. The van der Waals surface area contributed by atoms with Gasteiger partial charge >= 0.3 is 68.6 Å². The second-order valence-corrected chi connectivity index (χ2v) is 16.6. The van der Waals surface area contributed by atoms with Crippen molar-refractivity contribution in [3.05, 3.63) is 0 Å². The first-order chi connectivity index (χ1) is 4.12. The molecular formula is C6H14Cl2Ge. The first-order valence-corrected chi connectivity index (χ1v) is 12.0. The van der Waals surface area contributed by atoms with E-state index < -0.39 is 11.4 Å². The summed E-state index contributed by atoms with van der Waals surface area (Å²) in [5, 5.41) is 2.19. The summed E-state index contributed by atoms with van der Waals surface area (Å²) in [5.74, 6) is 0. The average Bonchev–Trinajstić information content (AvgIpc) is 1.64. The van der Waals surface area contributed by atoms with Crippen LogP contribution in [-0.4, -0.2) is 11.4 Å². The molecule has 56 valence electrons. The van der Waals surface area contributed by atoms with Crippen LogP contribution in [0.25, 0.3) is 0 Å². The van der Waals surface area contributed by atoms with Crippen LogP contribution in [0.4, 0.5) is 0 Å². The molecule has 0 atom stereocenters. The van der Waals surface area contributed by atoms with E-state index in [2.05, 4.69) is 13.8 Å². The molecule has 9 heavy (non-hydrogen) atoms. The average molecular weight is 230 g/mol. The summed E-state index contributed by atoms with van der Waals surface area (Å²) in [5.41, 5.74) is 0. The molecule has 0 rings (SSSR count). The minimum atomic E-state index is -2.22. The van der Waals surface area contributed by atoms with E-state index in [1.165, 1.54) is 0 Å². The fourth-order valence-corrected chi connectivity index (χ4v) is 8.38. The summed E-state index contributed by atoms with van der Waals surface area (Å²) in [6.07, 6.45) is 2.29. The van der Waals surface area contributed by atoms with Crippen molar-refractivity contribution in [1.82, 2.24) is 0 Å². The van der Waals surface area contributed by atoms with Crippen LogP contribution in [0.3, 0.4) is 0 Å². The van der Waals surface area contributed by atoms with Gasteiger partial charge in [-0.1, -0.05) is 0 Å². The van der Waals surface area contributed by atoms with Crippen LogP contribution in [0.2, 0.25) is 10.5 Å². The monoisotopic (exact) mass is 230 g/mol. The van der Waals surface area contributed by atoms with Gasteiger partial charge in [0.1, 0.15) is 0 Å². The molecule has 0 aromatic carbocycles. The fraction of sp³-hybridized carbons (Fsp3) is 1.00. The molecule has 0 fully saturated rings. The Hall–Kier alpha value is 1.12. The molecule has 0 aliphatic carbocycles. The zero-order valence-electron chi connectivity index (χ0n) is 6.08. The van der Waals surface area contributed by atoms with E-state index in [1.54, 1.807) is 0 Å². The van der Waals surface area contributed by atoms with Gasteiger partial charge < -0.3 is 0 Å². The Balaban J connectivity index is 3.43. The van der Waals surface area contributed by atoms with E-state index in [4.69, 9.17) is 20.0 Å². The van der Waals surface area contributed by atoms with Crippen LogP contribution >= 0.6 is 20.0 Å². The second kappa shape index (κ2) is 4.87. The molecule has 0 unspecified atom stereocenters. The maximum atomic E-state index is 6.09. The molecule has 0 amide bonds. The third-order valence-corrected chi connectivity index (χ3v) is 10.3. The van der Waals surface area contributed by atoms with Crippen molar-refractivity contribution in [2.75, 3.05) is 0 Å². The van der Waals surface area contributed by atoms with Gasteiger partial charge in [-0.05, 0) is 0 Å². The SMILES string of the molecule is CC[CH2][Ge]([Cl])([Cl])[CH2]CC. The van der Waals surface area contributed by atoms with Crippen LogP contribution in [0.1, 0.15) is 26.7 Å². The topological polar surface area (TPSA) is 0 Å². The van der Waals surface area contributed by atoms with Gasteiger partial charge in [-0.25, -0.2) is 0 Å². The van der Waals surface area contributed by atoms with Gasteiger partial charge in [0.25, 0.3) is 0 Å². The molecule has 3 heteroatoms. The summed E-state index contributed by atoms with van der Waals surface area (Å²) < 4.78 is 0. The van der Waals surface area contributed by atoms with Gasteiger partial charge in [-0.15, -0.1) is 0 Å². The molecule has 0 spiro atoms. The summed E-state index contributed by atoms with van der Waals surface area (Å²) >= 11 is -2.22. The summed E-state index contributed by atoms with van der Waals surface area (Å²) in [4.78, 5) is 0. The van der Waals surface area contributed by atoms with Gasteiger partial charge in [0, 0.05) is 0 Å². The number of rotatable bonds is 4. The Morgan fingerprint density at radius 2 is 1.33 bits per heavy atom. The predicted molar refractivity (Wildman–Crippen MR) is 47.7 cm³/mol. The quantitative estimate of drug-likeness (QED) is 0.645. The van der Waals surface area contributed by atoms with Crippen LogP contribution < -0.4 is 0 Å². The van der Waals surface area contributed by atoms with E-state index in [0.29, 0.717) is 0 Å². The van der Waals surface area contributed by atoms with Crippen LogP contribution in [0.5, 0.6) is 0 Å². The zero-order valence-corrected chi connectivity index (χ0v) is 9.69. The zero-order chi connectivity index (χ0) is 7.33. The molecule has 0 aliphatic rings. The molecule has 0 saturated heterocycles. The van der Waals surface area contributed by atoms with E-state index in [0.717, 1.165) is 23.3 Å². The molecule has 0 radical (unpaired) electrons. The summed E-state index contributed by atoms with van der Waals surface area (Å²) in [6, 6.07) is 0. The molecule has 0 aromatic rings. The Morgan fingerprint density at radius 3 is 1.56 bits per heavy atom. The molecule has 0 N–H and O–H groups in total. The molecular weight excluding hydrogens is 216 g/mol. The Bertz CT molecular complexity index is 65.5. The van der Waals surface area contributed by atoms with E-state index in [-0.39, 0.29) is 0 Å². The van der Waals surface area contributed by atoms with Crippen molar-refractivity contribution in [2.45, 2.75) is 37.2 Å². The van der Waals surface area contributed by atoms with Crippen molar-refractivity contribution in [1.29, 1.82) is 0 Å². The first-order valence-electron chi connectivity index (χ1n) is 3.50. The second-order valence-electron chi connectivity index (χ2n) is 2.36. The Labute approximate surface area is 68.6 Å². The number of halogens is 2. The maximum absolute atomic E-state index is 6.09. The predicted octanol–water partition coefficient (Wildman–Crippen LogP) is 3.73. The molecule has 0 nitrogen and oxygen atoms in total. The number of hydrogen-bond donors (Lipinski definition) is 0. The number of hydrogen-bond acceptors (Lipinski definition) is 0. The third kappa shape index (κ3) is 5.56. The third-order valence-electron chi connectivity index (χ3n) is 1.23.